The Morgan fingerprint density at radius 1 is 0.365 bits per heavy atom. The first-order valence-electron chi connectivity index (χ1n) is 26.0. The minimum absolute atomic E-state index is 0.130. The van der Waals surface area contributed by atoms with Crippen LogP contribution >= 0.6 is 0 Å². The highest BCUT2D eigenvalue weighted by molar-refractivity contribution is 7.00. The summed E-state index contributed by atoms with van der Waals surface area (Å²) in [5.74, 6) is 0. The number of aromatic nitrogens is 2. The van der Waals surface area contributed by atoms with Gasteiger partial charge >= 0.3 is 0 Å². The summed E-state index contributed by atoms with van der Waals surface area (Å²) in [6.07, 6.45) is 0. The van der Waals surface area contributed by atoms with Crippen LogP contribution in [0.4, 0.5) is 51.2 Å². The lowest BCUT2D eigenvalue weighted by molar-refractivity contribution is 1.00. The summed E-state index contributed by atoms with van der Waals surface area (Å²) < 4.78 is 5.03. The molecule has 74 heavy (non-hydrogen) atoms. The van der Waals surface area contributed by atoms with Crippen LogP contribution in [0.5, 0.6) is 0 Å². The molecule has 0 radical (unpaired) electrons. The maximum Gasteiger partial charge on any atom is 0.252 e. The molecule has 6 heteroatoms. The molecule has 0 fully saturated rings. The van der Waals surface area contributed by atoms with Gasteiger partial charge in [-0.25, -0.2) is 0 Å². The van der Waals surface area contributed by atoms with Crippen molar-refractivity contribution in [1.29, 1.82) is 0 Å². The summed E-state index contributed by atoms with van der Waals surface area (Å²) in [7, 11) is 2.27. The van der Waals surface area contributed by atoms with E-state index in [2.05, 4.69) is 273 Å². The highest BCUT2D eigenvalue weighted by Gasteiger charge is 2.46. The summed E-state index contributed by atoms with van der Waals surface area (Å²) in [5.41, 5.74) is 28.8. The van der Waals surface area contributed by atoms with E-state index < -0.39 is 0 Å². The van der Waals surface area contributed by atoms with E-state index >= 15 is 0 Å². The molecule has 356 valence electrons. The minimum atomic E-state index is -0.130. The van der Waals surface area contributed by atoms with Crippen molar-refractivity contribution in [1.82, 2.24) is 9.13 Å². The van der Waals surface area contributed by atoms with Gasteiger partial charge in [-0.3, -0.25) is 0 Å². The molecule has 0 atom stereocenters. The standard InChI is InChI=1S/C68H56BN5/c1-41-13-24-48(25-14-41)71(49-26-15-42(2)16-27-49)52-38-62-66-63(39-52)73(51-30-19-44(4)20-31-51)67-57(69(66)56-37-47(7)23-34-61(56)72(62)50-28-17-43(3)18-29-50)40-64(68-65(67)53-11-9-10-12-58(53)70(68)8)74-59-32-21-45(5)35-54(59)55-36-46(6)22-33-60(55)74/h9-40H,1-8H3. The Balaban J connectivity index is 1.19. The quantitative estimate of drug-likeness (QED) is 0.155. The number of hydrogen-bond acceptors (Lipinski definition) is 3. The van der Waals surface area contributed by atoms with E-state index in [-0.39, 0.29) is 6.71 Å². The monoisotopic (exact) mass is 953 g/mol. The van der Waals surface area contributed by atoms with E-state index in [0.717, 1.165) is 39.8 Å². The molecule has 14 rings (SSSR count). The lowest BCUT2D eigenvalue weighted by atomic mass is 9.33. The number of fused-ring (bicyclic) bond motifs is 11. The SMILES string of the molecule is Cc1ccc(N(c2ccc(C)cc2)c2cc3c4c(c2)N(c2ccc(C)cc2)c2c(cc(-n5c6ccc(C)cc6c6cc(C)ccc65)c5c2c2ccccc2n5C)B4c2cc(C)ccc2N3c2ccc(C)cc2)cc1. The minimum Gasteiger partial charge on any atom is -0.342 e. The topological polar surface area (TPSA) is 19.6 Å². The van der Waals surface area contributed by atoms with Crippen molar-refractivity contribution in [3.05, 3.63) is 233 Å². The Labute approximate surface area is 433 Å². The number of benzene rings is 10. The molecule has 0 bridgehead atoms. The first-order chi connectivity index (χ1) is 36.0. The molecular weight excluding hydrogens is 898 g/mol. The van der Waals surface area contributed by atoms with Crippen molar-refractivity contribution in [3.8, 4) is 5.69 Å². The molecule has 0 amide bonds. The molecule has 10 aromatic carbocycles. The van der Waals surface area contributed by atoms with Crippen LogP contribution in [0.1, 0.15) is 38.9 Å². The number of nitrogens with zero attached hydrogens (tertiary/aromatic N) is 5. The number of aryl methyl sites for hydroxylation is 8. The van der Waals surface area contributed by atoms with Gasteiger partial charge in [0.2, 0.25) is 0 Å². The average Bonchev–Trinajstić information content (AvgIpc) is 3.92. The number of para-hydroxylation sites is 1. The first kappa shape index (κ1) is 44.0. The highest BCUT2D eigenvalue weighted by Crippen LogP contribution is 2.52. The van der Waals surface area contributed by atoms with Gasteiger partial charge in [-0.1, -0.05) is 130 Å². The summed E-state index contributed by atoms with van der Waals surface area (Å²) in [6.45, 7) is 15.2. The average molecular weight is 954 g/mol. The maximum atomic E-state index is 2.63. The van der Waals surface area contributed by atoms with Gasteiger partial charge in [-0.05, 0) is 168 Å². The van der Waals surface area contributed by atoms with E-state index in [1.807, 2.05) is 0 Å². The molecule has 5 nitrogen and oxygen atoms in total. The molecular formula is C68H56BN5. The zero-order chi connectivity index (χ0) is 50.3. The van der Waals surface area contributed by atoms with Crippen molar-refractivity contribution in [2.45, 2.75) is 48.5 Å². The van der Waals surface area contributed by atoms with Crippen LogP contribution < -0.4 is 31.1 Å². The van der Waals surface area contributed by atoms with E-state index in [9.17, 15) is 0 Å². The summed E-state index contributed by atoms with van der Waals surface area (Å²) >= 11 is 0. The van der Waals surface area contributed by atoms with Gasteiger partial charge in [-0.15, -0.1) is 0 Å². The van der Waals surface area contributed by atoms with Crippen molar-refractivity contribution in [3.63, 3.8) is 0 Å². The normalized spacial score (nSPS) is 12.8. The van der Waals surface area contributed by atoms with Crippen molar-refractivity contribution < 1.29 is 0 Å². The van der Waals surface area contributed by atoms with Crippen molar-refractivity contribution in [2.24, 2.45) is 7.05 Å². The van der Waals surface area contributed by atoms with E-state index in [0.29, 0.717) is 0 Å². The fourth-order valence-electron chi connectivity index (χ4n) is 12.5. The lowest BCUT2D eigenvalue weighted by Crippen LogP contribution is -2.61. The number of hydrogen-bond donors (Lipinski definition) is 0. The second-order valence-corrected chi connectivity index (χ2v) is 21.3. The van der Waals surface area contributed by atoms with E-state index in [4.69, 9.17) is 0 Å². The summed E-state index contributed by atoms with van der Waals surface area (Å²) in [6, 6.07) is 74.0. The van der Waals surface area contributed by atoms with Crippen LogP contribution in [-0.4, -0.2) is 15.8 Å². The Bertz CT molecular complexity index is 4170. The van der Waals surface area contributed by atoms with Crippen molar-refractivity contribution in [2.75, 3.05) is 14.7 Å². The molecule has 0 saturated heterocycles. The third-order valence-corrected chi connectivity index (χ3v) is 16.1. The molecule has 2 aliphatic rings. The van der Waals surface area contributed by atoms with Gasteiger partial charge in [0.25, 0.3) is 6.71 Å². The molecule has 0 aliphatic carbocycles. The lowest BCUT2D eigenvalue weighted by Gasteiger charge is -2.45. The Morgan fingerprint density at radius 2 is 0.851 bits per heavy atom. The zero-order valence-electron chi connectivity index (χ0n) is 43.3. The van der Waals surface area contributed by atoms with Gasteiger partial charge < -0.3 is 23.8 Å². The summed E-state index contributed by atoms with van der Waals surface area (Å²) in [4.78, 5) is 7.62. The Hall–Kier alpha value is -8.74. The third-order valence-electron chi connectivity index (χ3n) is 16.1. The fraction of sp³-hybridized carbons (Fsp3) is 0.118. The van der Waals surface area contributed by atoms with Crippen molar-refractivity contribution >= 4 is 118 Å². The fourth-order valence-corrected chi connectivity index (χ4v) is 12.5. The second-order valence-electron chi connectivity index (χ2n) is 21.3. The molecule has 2 aromatic heterocycles. The van der Waals surface area contributed by atoms with Gasteiger partial charge in [0.15, 0.2) is 0 Å². The van der Waals surface area contributed by atoms with E-state index in [1.165, 1.54) is 116 Å². The van der Waals surface area contributed by atoms with Crippen LogP contribution in [0, 0.1) is 48.5 Å². The maximum absolute atomic E-state index is 2.63. The Kier molecular flexibility index (Phi) is 9.75. The molecule has 0 unspecified atom stereocenters. The van der Waals surface area contributed by atoms with Gasteiger partial charge in [-0.2, -0.15) is 0 Å². The largest absolute Gasteiger partial charge is 0.342 e. The predicted octanol–water partition coefficient (Wildman–Crippen LogP) is 16.1. The first-order valence-corrected chi connectivity index (χ1v) is 26.0. The van der Waals surface area contributed by atoms with Crippen LogP contribution in [0.3, 0.4) is 0 Å². The molecule has 2 aliphatic heterocycles. The molecule has 0 spiro atoms. The van der Waals surface area contributed by atoms with Crippen LogP contribution in [0.2, 0.25) is 0 Å². The van der Waals surface area contributed by atoms with Crippen LogP contribution in [0.15, 0.2) is 194 Å². The van der Waals surface area contributed by atoms with Crippen LogP contribution in [-0.2, 0) is 7.05 Å². The molecule has 12 aromatic rings. The smallest absolute Gasteiger partial charge is 0.252 e. The molecule has 0 saturated carbocycles. The predicted molar refractivity (Wildman–Crippen MR) is 317 cm³/mol. The van der Waals surface area contributed by atoms with E-state index in [1.54, 1.807) is 0 Å². The number of anilines is 9. The Morgan fingerprint density at radius 3 is 1.43 bits per heavy atom. The highest BCUT2D eigenvalue weighted by atomic mass is 15.2. The number of rotatable bonds is 6. The van der Waals surface area contributed by atoms with Crippen LogP contribution in [0.25, 0.3) is 49.3 Å². The van der Waals surface area contributed by atoms with Gasteiger partial charge in [0.05, 0.1) is 33.6 Å². The van der Waals surface area contributed by atoms with Gasteiger partial charge in [0, 0.05) is 73.9 Å². The second kappa shape index (κ2) is 16.4. The molecule has 0 N–H and O–H groups in total. The van der Waals surface area contributed by atoms with Gasteiger partial charge in [0.1, 0.15) is 0 Å². The zero-order valence-corrected chi connectivity index (χ0v) is 43.3. The third kappa shape index (κ3) is 6.57. The molecule has 4 heterocycles. The summed E-state index contributed by atoms with van der Waals surface area (Å²) in [5, 5.41) is 5.02.